The Hall–Kier alpha value is -3.67. The quantitative estimate of drug-likeness (QED) is 0.498. The van der Waals surface area contributed by atoms with Gasteiger partial charge in [-0.1, -0.05) is 29.4 Å². The summed E-state index contributed by atoms with van der Waals surface area (Å²) in [4.78, 5) is 20.9. The Morgan fingerprint density at radius 2 is 1.97 bits per heavy atom. The molecule has 1 N–H and O–H groups in total. The Balaban J connectivity index is 1.51. The third-order valence-corrected chi connectivity index (χ3v) is 5.44. The van der Waals surface area contributed by atoms with Gasteiger partial charge in [0.05, 0.1) is 22.9 Å². The molecule has 5 aromatic rings. The second-order valence-corrected chi connectivity index (χ2v) is 7.28. The number of para-hydroxylation sites is 1. The largest absolute Gasteiger partial charge is 0.361 e. The molecule has 0 spiro atoms. The van der Waals surface area contributed by atoms with Crippen LogP contribution in [0.15, 0.2) is 64.3 Å². The number of nitrogens with zero attached hydrogens (tertiary/aromatic N) is 3. The first-order valence-electron chi connectivity index (χ1n) is 9.59. The molecule has 144 valence electrons. The fourth-order valence-corrected chi connectivity index (χ4v) is 3.95. The lowest BCUT2D eigenvalue weighted by molar-refractivity contribution is 0.393. The zero-order chi connectivity index (χ0) is 20.0. The lowest BCUT2D eigenvalue weighted by Gasteiger charge is -2.08. The standard InChI is InChI=1S/C23H20N4O2/c1-14-22(15(2)29-26-14)16-7-8-21-19(11-16)23(28)27(13-25-21)10-9-17-12-24-20-6-4-3-5-18(17)20/h3-8,11-13,24H,9-10H2,1-2H3. The van der Waals surface area contributed by atoms with Gasteiger partial charge in [-0.3, -0.25) is 9.36 Å². The lowest BCUT2D eigenvalue weighted by Crippen LogP contribution is -2.21. The average Bonchev–Trinajstić information content (AvgIpc) is 3.30. The molecule has 0 aliphatic rings. The third-order valence-electron chi connectivity index (χ3n) is 5.44. The van der Waals surface area contributed by atoms with E-state index in [0.29, 0.717) is 17.4 Å². The first-order chi connectivity index (χ1) is 14.1. The van der Waals surface area contributed by atoms with E-state index in [0.717, 1.165) is 34.5 Å². The molecule has 0 bridgehead atoms. The van der Waals surface area contributed by atoms with E-state index < -0.39 is 0 Å². The molecule has 3 aromatic heterocycles. The molecule has 6 heteroatoms. The van der Waals surface area contributed by atoms with Crippen LogP contribution in [0.4, 0.5) is 0 Å². The summed E-state index contributed by atoms with van der Waals surface area (Å²) in [5.41, 5.74) is 5.61. The zero-order valence-electron chi connectivity index (χ0n) is 16.3. The summed E-state index contributed by atoms with van der Waals surface area (Å²) in [5, 5.41) is 5.81. The lowest BCUT2D eigenvalue weighted by atomic mass is 10.0. The fraction of sp³-hybridized carbons (Fsp3) is 0.174. The summed E-state index contributed by atoms with van der Waals surface area (Å²) in [7, 11) is 0. The van der Waals surface area contributed by atoms with Crippen molar-refractivity contribution in [2.45, 2.75) is 26.8 Å². The molecule has 2 aromatic carbocycles. The summed E-state index contributed by atoms with van der Waals surface area (Å²) < 4.78 is 6.96. The highest BCUT2D eigenvalue weighted by Crippen LogP contribution is 2.28. The van der Waals surface area contributed by atoms with Gasteiger partial charge in [-0.2, -0.15) is 0 Å². The van der Waals surface area contributed by atoms with Crippen molar-refractivity contribution in [3.8, 4) is 11.1 Å². The van der Waals surface area contributed by atoms with Crippen molar-refractivity contribution in [1.82, 2.24) is 19.7 Å². The van der Waals surface area contributed by atoms with E-state index in [1.165, 1.54) is 10.9 Å². The molecule has 3 heterocycles. The van der Waals surface area contributed by atoms with Crippen molar-refractivity contribution in [1.29, 1.82) is 0 Å². The van der Waals surface area contributed by atoms with Crippen molar-refractivity contribution in [2.24, 2.45) is 0 Å². The second-order valence-electron chi connectivity index (χ2n) is 7.28. The second kappa shape index (κ2) is 6.74. The van der Waals surface area contributed by atoms with Crippen LogP contribution in [0.25, 0.3) is 32.9 Å². The van der Waals surface area contributed by atoms with Crippen LogP contribution in [0.2, 0.25) is 0 Å². The van der Waals surface area contributed by atoms with Crippen molar-refractivity contribution in [3.05, 3.63) is 82.4 Å². The predicted octanol–water partition coefficient (Wildman–Crippen LogP) is 4.39. The van der Waals surface area contributed by atoms with Gasteiger partial charge in [0.25, 0.3) is 5.56 Å². The van der Waals surface area contributed by atoms with E-state index in [4.69, 9.17) is 4.52 Å². The maximum Gasteiger partial charge on any atom is 0.261 e. The molecule has 0 saturated carbocycles. The Kier molecular flexibility index (Phi) is 4.05. The van der Waals surface area contributed by atoms with Crippen LogP contribution in [-0.2, 0) is 13.0 Å². The molecule has 6 nitrogen and oxygen atoms in total. The summed E-state index contributed by atoms with van der Waals surface area (Å²) in [6.45, 7) is 4.35. The Morgan fingerprint density at radius 1 is 1.10 bits per heavy atom. The van der Waals surface area contributed by atoms with Crippen LogP contribution in [0.1, 0.15) is 17.0 Å². The first kappa shape index (κ1) is 17.4. The van der Waals surface area contributed by atoms with Gasteiger partial charge < -0.3 is 9.51 Å². The number of hydrogen-bond acceptors (Lipinski definition) is 4. The highest BCUT2D eigenvalue weighted by molar-refractivity contribution is 5.85. The van der Waals surface area contributed by atoms with Gasteiger partial charge in [0.15, 0.2) is 0 Å². The van der Waals surface area contributed by atoms with Crippen molar-refractivity contribution >= 4 is 21.8 Å². The molecule has 0 amide bonds. The molecule has 0 radical (unpaired) electrons. The summed E-state index contributed by atoms with van der Waals surface area (Å²) in [6, 6.07) is 13.9. The smallest absolute Gasteiger partial charge is 0.261 e. The maximum absolute atomic E-state index is 13.1. The van der Waals surface area contributed by atoms with Gasteiger partial charge in [0.1, 0.15) is 5.76 Å². The van der Waals surface area contributed by atoms with Crippen LogP contribution in [0.3, 0.4) is 0 Å². The normalized spacial score (nSPS) is 11.5. The highest BCUT2D eigenvalue weighted by atomic mass is 16.5. The number of benzene rings is 2. The highest BCUT2D eigenvalue weighted by Gasteiger charge is 2.14. The zero-order valence-corrected chi connectivity index (χ0v) is 16.3. The van der Waals surface area contributed by atoms with Crippen molar-refractivity contribution < 1.29 is 4.52 Å². The average molecular weight is 384 g/mol. The Bertz CT molecular complexity index is 1390. The van der Waals surface area contributed by atoms with Crippen LogP contribution < -0.4 is 5.56 Å². The third kappa shape index (κ3) is 2.93. The molecule has 0 fully saturated rings. The van der Waals surface area contributed by atoms with E-state index in [-0.39, 0.29) is 5.56 Å². The number of nitrogens with one attached hydrogen (secondary N) is 1. The Labute approximate surface area is 166 Å². The van der Waals surface area contributed by atoms with Crippen LogP contribution in [-0.4, -0.2) is 19.7 Å². The van der Waals surface area contributed by atoms with Crippen LogP contribution >= 0.6 is 0 Å². The molecule has 0 atom stereocenters. The molecular weight excluding hydrogens is 364 g/mol. The number of aromatic amines is 1. The minimum Gasteiger partial charge on any atom is -0.361 e. The van der Waals surface area contributed by atoms with Gasteiger partial charge in [-0.15, -0.1) is 0 Å². The molecule has 0 unspecified atom stereocenters. The number of aromatic nitrogens is 4. The number of aryl methyl sites for hydroxylation is 4. The van der Waals surface area contributed by atoms with Gasteiger partial charge in [0.2, 0.25) is 0 Å². The van der Waals surface area contributed by atoms with Gasteiger partial charge in [0, 0.05) is 29.2 Å². The number of rotatable bonds is 4. The summed E-state index contributed by atoms with van der Waals surface area (Å²) >= 11 is 0. The number of fused-ring (bicyclic) bond motifs is 2. The van der Waals surface area contributed by atoms with Crippen LogP contribution in [0.5, 0.6) is 0 Å². The van der Waals surface area contributed by atoms with Crippen molar-refractivity contribution in [3.63, 3.8) is 0 Å². The van der Waals surface area contributed by atoms with E-state index in [2.05, 4.69) is 27.3 Å². The Morgan fingerprint density at radius 3 is 2.79 bits per heavy atom. The molecular formula is C23H20N4O2. The monoisotopic (exact) mass is 384 g/mol. The van der Waals surface area contributed by atoms with Gasteiger partial charge in [-0.25, -0.2) is 4.98 Å². The maximum atomic E-state index is 13.1. The van der Waals surface area contributed by atoms with E-state index in [1.54, 1.807) is 10.9 Å². The molecule has 0 aliphatic heterocycles. The molecule has 5 rings (SSSR count). The number of H-pyrrole nitrogens is 1. The van der Waals surface area contributed by atoms with E-state index in [1.807, 2.05) is 50.4 Å². The van der Waals surface area contributed by atoms with E-state index >= 15 is 0 Å². The molecule has 0 aliphatic carbocycles. The van der Waals surface area contributed by atoms with Gasteiger partial charge in [-0.05, 0) is 49.6 Å². The number of hydrogen-bond donors (Lipinski definition) is 1. The molecule has 0 saturated heterocycles. The summed E-state index contributed by atoms with van der Waals surface area (Å²) in [6.07, 6.45) is 4.40. The minimum absolute atomic E-state index is 0.0385. The molecule has 29 heavy (non-hydrogen) atoms. The van der Waals surface area contributed by atoms with E-state index in [9.17, 15) is 4.79 Å². The SMILES string of the molecule is Cc1noc(C)c1-c1ccc2ncn(CCc3c[nH]c4ccccc34)c(=O)c2c1. The predicted molar refractivity (Wildman–Crippen MR) is 113 cm³/mol. The first-order valence-corrected chi connectivity index (χ1v) is 9.59. The van der Waals surface area contributed by atoms with Gasteiger partial charge >= 0.3 is 0 Å². The van der Waals surface area contributed by atoms with Crippen LogP contribution in [0, 0.1) is 13.8 Å². The topological polar surface area (TPSA) is 76.7 Å². The summed E-state index contributed by atoms with van der Waals surface area (Å²) in [5.74, 6) is 0.741. The minimum atomic E-state index is -0.0385. The van der Waals surface area contributed by atoms with Crippen molar-refractivity contribution in [2.75, 3.05) is 0 Å². The fourth-order valence-electron chi connectivity index (χ4n) is 3.95.